The minimum Gasteiger partial charge on any atom is -0.341 e. The zero-order chi connectivity index (χ0) is 18.1. The fourth-order valence-corrected chi connectivity index (χ4v) is 3.03. The number of nitrogens with zero attached hydrogens (tertiary/aromatic N) is 1. The van der Waals surface area contributed by atoms with Gasteiger partial charge in [0.05, 0.1) is 9.49 Å². The van der Waals surface area contributed by atoms with Gasteiger partial charge in [-0.05, 0) is 47.6 Å². The van der Waals surface area contributed by atoms with Crippen molar-refractivity contribution in [2.24, 2.45) is 11.3 Å². The molecule has 2 rings (SSSR count). The van der Waals surface area contributed by atoms with E-state index in [1.54, 1.807) is 27.5 Å². The number of amides is 2. The van der Waals surface area contributed by atoms with E-state index in [-0.39, 0.29) is 27.0 Å². The average molecular weight is 450 g/mol. The Hall–Kier alpha value is -1.25. The molecule has 7 heteroatoms. The topological polar surface area (TPSA) is 49.4 Å². The van der Waals surface area contributed by atoms with Crippen LogP contribution in [-0.2, 0) is 9.59 Å². The highest BCUT2D eigenvalue weighted by molar-refractivity contribution is 14.1. The van der Waals surface area contributed by atoms with Gasteiger partial charge in [0.15, 0.2) is 0 Å². The van der Waals surface area contributed by atoms with Crippen LogP contribution in [0.5, 0.6) is 0 Å². The van der Waals surface area contributed by atoms with E-state index >= 15 is 0 Å². The third-order valence-electron chi connectivity index (χ3n) is 3.97. The van der Waals surface area contributed by atoms with Crippen LogP contribution in [0.4, 0.5) is 14.5 Å². The Kier molecular flexibility index (Phi) is 5.83. The normalized spacial score (nSPS) is 18.4. The summed E-state index contributed by atoms with van der Waals surface area (Å²) in [6.45, 7) is 6.49. The van der Waals surface area contributed by atoms with Gasteiger partial charge in [0.1, 0.15) is 11.6 Å². The van der Waals surface area contributed by atoms with Crippen molar-refractivity contribution in [3.8, 4) is 0 Å². The number of piperidine rings is 1. The highest BCUT2D eigenvalue weighted by atomic mass is 127. The van der Waals surface area contributed by atoms with Crippen LogP contribution in [0.3, 0.4) is 0 Å². The van der Waals surface area contributed by atoms with E-state index in [4.69, 9.17) is 0 Å². The molecule has 0 radical (unpaired) electrons. The standard InChI is InChI=1S/C17H21F2IN2O2/c1-17(2,3)16(24)22-6-4-5-10(9-22)15(23)21-11-7-12(18)14(20)13(19)8-11/h7-8,10H,4-6,9H2,1-3H3,(H,21,23). The Labute approximate surface area is 154 Å². The number of benzene rings is 1. The molecule has 1 unspecified atom stereocenters. The van der Waals surface area contributed by atoms with Gasteiger partial charge in [0.2, 0.25) is 11.8 Å². The summed E-state index contributed by atoms with van der Waals surface area (Å²) < 4.78 is 27.1. The van der Waals surface area contributed by atoms with Crippen LogP contribution in [0.1, 0.15) is 33.6 Å². The fraction of sp³-hybridized carbons (Fsp3) is 0.529. The van der Waals surface area contributed by atoms with Crippen LogP contribution in [0.2, 0.25) is 0 Å². The van der Waals surface area contributed by atoms with Gasteiger partial charge in [-0.15, -0.1) is 0 Å². The largest absolute Gasteiger partial charge is 0.341 e. The van der Waals surface area contributed by atoms with Crippen LogP contribution in [0.25, 0.3) is 0 Å². The third-order valence-corrected chi connectivity index (χ3v) is 5.00. The van der Waals surface area contributed by atoms with Crippen LogP contribution in [0, 0.1) is 26.5 Å². The minimum atomic E-state index is -0.709. The van der Waals surface area contributed by atoms with E-state index in [1.807, 2.05) is 20.8 Å². The molecule has 1 N–H and O–H groups in total. The summed E-state index contributed by atoms with van der Waals surface area (Å²) in [6.07, 6.45) is 1.38. The lowest BCUT2D eigenvalue weighted by atomic mass is 9.91. The van der Waals surface area contributed by atoms with Crippen molar-refractivity contribution >= 4 is 40.1 Å². The van der Waals surface area contributed by atoms with E-state index < -0.39 is 17.0 Å². The second-order valence-corrected chi connectivity index (χ2v) is 8.16. The molecule has 2 amide bonds. The first kappa shape index (κ1) is 19.1. The quantitative estimate of drug-likeness (QED) is 0.551. The molecule has 0 aromatic heterocycles. The van der Waals surface area contributed by atoms with E-state index in [1.165, 1.54) is 0 Å². The zero-order valence-electron chi connectivity index (χ0n) is 14.0. The number of halogens is 3. The van der Waals surface area contributed by atoms with Crippen LogP contribution in [-0.4, -0.2) is 29.8 Å². The summed E-state index contributed by atoms with van der Waals surface area (Å²) >= 11 is 1.57. The number of likely N-dealkylation sites (tertiary alicyclic amines) is 1. The molecule has 0 bridgehead atoms. The maximum Gasteiger partial charge on any atom is 0.229 e. The molecule has 1 aliphatic rings. The number of hydrogen-bond acceptors (Lipinski definition) is 2. The number of nitrogens with one attached hydrogen (secondary N) is 1. The van der Waals surface area contributed by atoms with Gasteiger partial charge in [-0.25, -0.2) is 8.78 Å². The predicted octanol–water partition coefficient (Wildman–Crippen LogP) is 3.79. The SMILES string of the molecule is CC(C)(C)C(=O)N1CCCC(C(=O)Nc2cc(F)c(I)c(F)c2)C1. The number of carbonyl (C=O) groups excluding carboxylic acids is 2. The molecular weight excluding hydrogens is 429 g/mol. The first-order valence-corrected chi connectivity index (χ1v) is 8.92. The fourth-order valence-electron chi connectivity index (χ4n) is 2.72. The van der Waals surface area contributed by atoms with Crippen LogP contribution < -0.4 is 5.32 Å². The Bertz CT molecular complexity index is 635. The summed E-state index contributed by atoms with van der Waals surface area (Å²) in [4.78, 5) is 26.5. The van der Waals surface area contributed by atoms with Gasteiger partial charge in [-0.2, -0.15) is 0 Å². The second kappa shape index (κ2) is 7.33. The predicted molar refractivity (Wildman–Crippen MR) is 96.5 cm³/mol. The first-order chi connectivity index (χ1) is 11.1. The number of anilines is 1. The molecule has 1 heterocycles. The number of rotatable bonds is 2. The van der Waals surface area contributed by atoms with Gasteiger partial charge < -0.3 is 10.2 Å². The van der Waals surface area contributed by atoms with Gasteiger partial charge >= 0.3 is 0 Å². The van der Waals surface area contributed by atoms with Gasteiger partial charge in [-0.1, -0.05) is 20.8 Å². The van der Waals surface area contributed by atoms with Crippen molar-refractivity contribution in [2.45, 2.75) is 33.6 Å². The summed E-state index contributed by atoms with van der Waals surface area (Å²) in [6, 6.07) is 2.20. The maximum absolute atomic E-state index is 13.6. The minimum absolute atomic E-state index is 0.00588. The Morgan fingerprint density at radius 1 is 1.25 bits per heavy atom. The lowest BCUT2D eigenvalue weighted by Gasteiger charge is -2.35. The van der Waals surface area contributed by atoms with E-state index in [0.717, 1.165) is 18.6 Å². The lowest BCUT2D eigenvalue weighted by molar-refractivity contribution is -0.142. The Morgan fingerprint density at radius 2 is 1.83 bits per heavy atom. The molecule has 1 aliphatic heterocycles. The average Bonchev–Trinajstić information content (AvgIpc) is 2.51. The summed E-state index contributed by atoms with van der Waals surface area (Å²) in [5.41, 5.74) is -0.407. The maximum atomic E-state index is 13.6. The summed E-state index contributed by atoms with van der Waals surface area (Å²) in [5, 5.41) is 2.56. The van der Waals surface area contributed by atoms with Gasteiger partial charge in [0, 0.05) is 24.2 Å². The molecule has 0 aliphatic carbocycles. The molecule has 24 heavy (non-hydrogen) atoms. The zero-order valence-corrected chi connectivity index (χ0v) is 16.1. The molecule has 1 aromatic carbocycles. The molecule has 1 atom stereocenters. The highest BCUT2D eigenvalue weighted by Gasteiger charge is 2.33. The lowest BCUT2D eigenvalue weighted by Crippen LogP contribution is -2.47. The molecule has 1 fully saturated rings. The van der Waals surface area contributed by atoms with Gasteiger partial charge in [0.25, 0.3) is 0 Å². The van der Waals surface area contributed by atoms with Crippen LogP contribution >= 0.6 is 22.6 Å². The summed E-state index contributed by atoms with van der Waals surface area (Å²) in [5.74, 6) is -2.11. The van der Waals surface area contributed by atoms with Crippen molar-refractivity contribution in [1.82, 2.24) is 4.90 Å². The van der Waals surface area contributed by atoms with Crippen LogP contribution in [0.15, 0.2) is 12.1 Å². The Balaban J connectivity index is 2.06. The molecule has 1 saturated heterocycles. The molecular formula is C17H21F2IN2O2. The van der Waals surface area contributed by atoms with E-state index in [2.05, 4.69) is 5.32 Å². The number of hydrogen-bond donors (Lipinski definition) is 1. The van der Waals surface area contributed by atoms with Crippen molar-refractivity contribution in [3.63, 3.8) is 0 Å². The monoisotopic (exact) mass is 450 g/mol. The van der Waals surface area contributed by atoms with Crippen molar-refractivity contribution in [2.75, 3.05) is 18.4 Å². The highest BCUT2D eigenvalue weighted by Crippen LogP contribution is 2.25. The molecule has 0 spiro atoms. The molecule has 0 saturated carbocycles. The number of carbonyl (C=O) groups is 2. The molecule has 1 aromatic rings. The van der Waals surface area contributed by atoms with E-state index in [0.29, 0.717) is 19.5 Å². The molecule has 4 nitrogen and oxygen atoms in total. The second-order valence-electron chi connectivity index (χ2n) is 7.08. The van der Waals surface area contributed by atoms with Gasteiger partial charge in [-0.3, -0.25) is 9.59 Å². The van der Waals surface area contributed by atoms with E-state index in [9.17, 15) is 18.4 Å². The first-order valence-electron chi connectivity index (χ1n) is 7.84. The summed E-state index contributed by atoms with van der Waals surface area (Å²) in [7, 11) is 0. The van der Waals surface area contributed by atoms with Crippen molar-refractivity contribution in [1.29, 1.82) is 0 Å². The Morgan fingerprint density at radius 3 is 2.38 bits per heavy atom. The smallest absolute Gasteiger partial charge is 0.229 e. The molecule has 132 valence electrons. The van der Waals surface area contributed by atoms with Crippen molar-refractivity contribution in [3.05, 3.63) is 27.3 Å². The third kappa shape index (κ3) is 4.43. The van der Waals surface area contributed by atoms with Crippen molar-refractivity contribution < 1.29 is 18.4 Å².